The monoisotopic (exact) mass is 344 g/mol. The smallest absolute Gasteiger partial charge is 0.262 e. The van der Waals surface area contributed by atoms with Gasteiger partial charge in [0, 0.05) is 10.2 Å². The lowest BCUT2D eigenvalue weighted by molar-refractivity contribution is -0.118. The normalized spacial score (nSPS) is 9.76. The first-order chi connectivity index (χ1) is 10.1. The quantitative estimate of drug-likeness (QED) is 0.920. The number of amides is 1. The molecule has 0 aliphatic carbocycles. The average Bonchev–Trinajstić information content (AvgIpc) is 2.48. The molecule has 5 heteroatoms. The molecule has 0 saturated carbocycles. The predicted octanol–water partition coefficient (Wildman–Crippen LogP) is 3.65. The third-order valence-corrected chi connectivity index (χ3v) is 3.32. The first-order valence-electron chi connectivity index (χ1n) is 6.28. The minimum atomic E-state index is -0.270. The molecule has 0 saturated heterocycles. The van der Waals surface area contributed by atoms with Gasteiger partial charge in [-0.3, -0.25) is 4.79 Å². The number of nitriles is 1. The van der Waals surface area contributed by atoms with Crippen molar-refractivity contribution in [3.8, 4) is 11.8 Å². The highest BCUT2D eigenvalue weighted by atomic mass is 79.9. The van der Waals surface area contributed by atoms with Gasteiger partial charge in [-0.25, -0.2) is 0 Å². The summed E-state index contributed by atoms with van der Waals surface area (Å²) in [5, 5.41) is 11.7. The number of carbonyl (C=O) groups is 1. The van der Waals surface area contributed by atoms with Crippen LogP contribution < -0.4 is 10.1 Å². The van der Waals surface area contributed by atoms with Crippen molar-refractivity contribution in [2.24, 2.45) is 0 Å². The Kier molecular flexibility index (Phi) is 4.96. The lowest BCUT2D eigenvalue weighted by atomic mass is 10.2. The Balaban J connectivity index is 1.98. The molecule has 1 amide bonds. The van der Waals surface area contributed by atoms with E-state index in [4.69, 9.17) is 10.00 Å². The van der Waals surface area contributed by atoms with Crippen molar-refractivity contribution < 1.29 is 9.53 Å². The van der Waals surface area contributed by atoms with E-state index >= 15 is 0 Å². The van der Waals surface area contributed by atoms with Gasteiger partial charge in [-0.05, 0) is 42.8 Å². The van der Waals surface area contributed by atoms with Crippen LogP contribution >= 0.6 is 15.9 Å². The maximum absolute atomic E-state index is 11.9. The van der Waals surface area contributed by atoms with Crippen LogP contribution in [0.3, 0.4) is 0 Å². The number of ether oxygens (including phenoxy) is 1. The Morgan fingerprint density at radius 3 is 2.81 bits per heavy atom. The van der Waals surface area contributed by atoms with Crippen molar-refractivity contribution in [1.82, 2.24) is 0 Å². The van der Waals surface area contributed by atoms with Gasteiger partial charge in [-0.1, -0.05) is 28.1 Å². The number of halogens is 1. The number of benzene rings is 2. The summed E-state index contributed by atoms with van der Waals surface area (Å²) in [7, 11) is 0. The predicted molar refractivity (Wildman–Crippen MR) is 84.2 cm³/mol. The van der Waals surface area contributed by atoms with Crippen LogP contribution in [0, 0.1) is 18.3 Å². The Bertz CT molecular complexity index is 708. The molecule has 2 rings (SSSR count). The summed E-state index contributed by atoms with van der Waals surface area (Å²) in [6, 6.07) is 14.4. The number of nitrogens with one attached hydrogen (secondary N) is 1. The molecule has 0 fully saturated rings. The molecule has 0 aliphatic rings. The van der Waals surface area contributed by atoms with Crippen LogP contribution in [0.1, 0.15) is 11.1 Å². The number of nitrogens with zero attached hydrogens (tertiary/aromatic N) is 1. The fraction of sp³-hybridized carbons (Fsp3) is 0.125. The molecule has 1 N–H and O–H groups in total. The molecule has 0 bridgehead atoms. The number of anilines is 1. The van der Waals surface area contributed by atoms with Crippen molar-refractivity contribution >= 4 is 27.5 Å². The zero-order valence-corrected chi connectivity index (χ0v) is 13.0. The number of para-hydroxylation sites is 1. The maximum atomic E-state index is 11.9. The van der Waals surface area contributed by atoms with E-state index in [1.165, 1.54) is 0 Å². The topological polar surface area (TPSA) is 62.1 Å². The average molecular weight is 345 g/mol. The van der Waals surface area contributed by atoms with E-state index in [1.807, 2.05) is 31.2 Å². The van der Waals surface area contributed by atoms with Gasteiger partial charge in [0.2, 0.25) is 0 Å². The molecule has 4 nitrogen and oxygen atoms in total. The summed E-state index contributed by atoms with van der Waals surface area (Å²) >= 11 is 3.37. The summed E-state index contributed by atoms with van der Waals surface area (Å²) in [5.41, 5.74) is 2.10. The maximum Gasteiger partial charge on any atom is 0.262 e. The second kappa shape index (κ2) is 6.91. The SMILES string of the molecule is Cc1cc(Br)ccc1NC(=O)COc1ccccc1C#N. The van der Waals surface area contributed by atoms with Crippen LogP contribution in [0.2, 0.25) is 0 Å². The molecule has 0 unspecified atom stereocenters. The number of rotatable bonds is 4. The van der Waals surface area contributed by atoms with Crippen molar-refractivity contribution in [1.29, 1.82) is 5.26 Å². The van der Waals surface area contributed by atoms with E-state index in [1.54, 1.807) is 24.3 Å². The van der Waals surface area contributed by atoms with Crippen LogP contribution in [-0.4, -0.2) is 12.5 Å². The van der Waals surface area contributed by atoms with Crippen molar-refractivity contribution in [2.45, 2.75) is 6.92 Å². The molecule has 0 aliphatic heterocycles. The van der Waals surface area contributed by atoms with Crippen molar-refractivity contribution in [3.63, 3.8) is 0 Å². The van der Waals surface area contributed by atoms with Crippen LogP contribution in [0.5, 0.6) is 5.75 Å². The molecule has 2 aromatic carbocycles. The molecule has 0 aromatic heterocycles. The number of aryl methyl sites for hydroxylation is 1. The molecule has 0 radical (unpaired) electrons. The largest absolute Gasteiger partial charge is 0.482 e. The van der Waals surface area contributed by atoms with Gasteiger partial charge in [0.25, 0.3) is 5.91 Å². The van der Waals surface area contributed by atoms with Gasteiger partial charge >= 0.3 is 0 Å². The minimum Gasteiger partial charge on any atom is -0.482 e. The van der Waals surface area contributed by atoms with Crippen LogP contribution in [0.25, 0.3) is 0 Å². The molecule has 0 atom stereocenters. The van der Waals surface area contributed by atoms with Gasteiger partial charge < -0.3 is 10.1 Å². The van der Waals surface area contributed by atoms with Gasteiger partial charge in [0.1, 0.15) is 11.8 Å². The highest BCUT2D eigenvalue weighted by molar-refractivity contribution is 9.10. The molecule has 2 aromatic rings. The summed E-state index contributed by atoms with van der Waals surface area (Å²) in [4.78, 5) is 11.9. The van der Waals surface area contributed by atoms with Gasteiger partial charge in [0.05, 0.1) is 5.56 Å². The lowest BCUT2D eigenvalue weighted by Crippen LogP contribution is -2.20. The summed E-state index contributed by atoms with van der Waals surface area (Å²) in [5.74, 6) is 0.135. The fourth-order valence-corrected chi connectivity index (χ4v) is 2.26. The van der Waals surface area contributed by atoms with Gasteiger partial charge in [-0.2, -0.15) is 5.26 Å². The Labute approximate surface area is 131 Å². The third kappa shape index (κ3) is 4.07. The third-order valence-electron chi connectivity index (χ3n) is 2.83. The second-order valence-electron chi connectivity index (χ2n) is 4.40. The summed E-state index contributed by atoms with van der Waals surface area (Å²) in [6.45, 7) is 1.76. The molecule has 0 spiro atoms. The minimum absolute atomic E-state index is 0.145. The molecular formula is C16H13BrN2O2. The van der Waals surface area contributed by atoms with E-state index in [2.05, 4.69) is 21.2 Å². The van der Waals surface area contributed by atoms with E-state index in [9.17, 15) is 4.79 Å². The Morgan fingerprint density at radius 1 is 1.33 bits per heavy atom. The van der Waals surface area contributed by atoms with E-state index in [0.29, 0.717) is 11.3 Å². The van der Waals surface area contributed by atoms with E-state index < -0.39 is 0 Å². The van der Waals surface area contributed by atoms with Crippen LogP contribution in [-0.2, 0) is 4.79 Å². The fourth-order valence-electron chi connectivity index (χ4n) is 1.78. The highest BCUT2D eigenvalue weighted by Gasteiger charge is 2.08. The van der Waals surface area contributed by atoms with Gasteiger partial charge in [0.15, 0.2) is 6.61 Å². The number of hydrogen-bond donors (Lipinski definition) is 1. The Morgan fingerprint density at radius 2 is 2.10 bits per heavy atom. The standard InChI is InChI=1S/C16H13BrN2O2/c1-11-8-13(17)6-7-14(11)19-16(20)10-21-15-5-3-2-4-12(15)9-18/h2-8H,10H2,1H3,(H,19,20). The van der Waals surface area contributed by atoms with E-state index in [0.717, 1.165) is 15.7 Å². The van der Waals surface area contributed by atoms with Crippen LogP contribution in [0.15, 0.2) is 46.9 Å². The van der Waals surface area contributed by atoms with Crippen molar-refractivity contribution in [2.75, 3.05) is 11.9 Å². The van der Waals surface area contributed by atoms with E-state index in [-0.39, 0.29) is 12.5 Å². The molecule has 106 valence electrons. The lowest BCUT2D eigenvalue weighted by Gasteiger charge is -2.10. The zero-order valence-electron chi connectivity index (χ0n) is 11.4. The molecule has 0 heterocycles. The van der Waals surface area contributed by atoms with Crippen LogP contribution in [0.4, 0.5) is 5.69 Å². The Hall–Kier alpha value is -2.32. The first-order valence-corrected chi connectivity index (χ1v) is 7.07. The van der Waals surface area contributed by atoms with Gasteiger partial charge in [-0.15, -0.1) is 0 Å². The highest BCUT2D eigenvalue weighted by Crippen LogP contribution is 2.20. The molecular weight excluding hydrogens is 332 g/mol. The summed E-state index contributed by atoms with van der Waals surface area (Å²) < 4.78 is 6.34. The number of hydrogen-bond acceptors (Lipinski definition) is 3. The van der Waals surface area contributed by atoms with Crippen molar-refractivity contribution in [3.05, 3.63) is 58.1 Å². The zero-order chi connectivity index (χ0) is 15.2. The first kappa shape index (κ1) is 15.1. The second-order valence-corrected chi connectivity index (χ2v) is 5.32. The number of carbonyl (C=O) groups excluding carboxylic acids is 1. The molecule has 21 heavy (non-hydrogen) atoms. The summed E-state index contributed by atoms with van der Waals surface area (Å²) in [6.07, 6.45) is 0.